The lowest BCUT2D eigenvalue weighted by Crippen LogP contribution is -2.09. The van der Waals surface area contributed by atoms with Gasteiger partial charge in [-0.15, -0.1) is 0 Å². The summed E-state index contributed by atoms with van der Waals surface area (Å²) >= 11 is 0. The fraction of sp³-hybridized carbons (Fsp3) is 0.0370. The lowest BCUT2D eigenvalue weighted by molar-refractivity contribution is 0.443. The molecule has 1 unspecified atom stereocenters. The highest BCUT2D eigenvalue weighted by atomic mass is 16.3. The lowest BCUT2D eigenvalue weighted by atomic mass is 9.98. The van der Waals surface area contributed by atoms with Crippen molar-refractivity contribution in [2.45, 2.75) is 6.04 Å². The Morgan fingerprint density at radius 2 is 1.50 bits per heavy atom. The summed E-state index contributed by atoms with van der Waals surface area (Å²) in [4.78, 5) is 12.1. The van der Waals surface area contributed by atoms with Crippen molar-refractivity contribution < 1.29 is 10.2 Å². The van der Waals surface area contributed by atoms with Crippen molar-refractivity contribution in [3.05, 3.63) is 119 Å². The Morgan fingerprint density at radius 3 is 2.24 bits per heavy atom. The zero-order chi connectivity index (χ0) is 23.5. The van der Waals surface area contributed by atoms with Crippen LogP contribution in [-0.2, 0) is 0 Å². The van der Waals surface area contributed by atoms with Crippen LogP contribution < -0.4 is 5.56 Å². The fourth-order valence-corrected chi connectivity index (χ4v) is 3.85. The molecule has 0 aliphatic rings. The molecular formula is C27H20N4O3. The number of rotatable bonds is 5. The van der Waals surface area contributed by atoms with Gasteiger partial charge in [-0.3, -0.25) is 4.79 Å². The minimum atomic E-state index is -0.550. The van der Waals surface area contributed by atoms with E-state index in [2.05, 4.69) is 20.4 Å². The SMILES string of the molecule is O=c1[nH]nc(-c2ccc(N=NC(c3ccccc3)c3ccc(O)cc3O)cc2)c2ccccc12. The first-order chi connectivity index (χ1) is 16.6. The molecule has 34 heavy (non-hydrogen) atoms. The number of benzene rings is 4. The van der Waals surface area contributed by atoms with E-state index in [0.29, 0.717) is 22.3 Å². The van der Waals surface area contributed by atoms with E-state index < -0.39 is 6.04 Å². The zero-order valence-electron chi connectivity index (χ0n) is 18.0. The third-order valence-corrected chi connectivity index (χ3v) is 5.55. The first-order valence-corrected chi connectivity index (χ1v) is 10.7. The third kappa shape index (κ3) is 4.14. The number of nitrogens with zero attached hydrogens (tertiary/aromatic N) is 3. The molecule has 0 bridgehead atoms. The van der Waals surface area contributed by atoms with Gasteiger partial charge in [-0.1, -0.05) is 60.7 Å². The lowest BCUT2D eigenvalue weighted by Gasteiger charge is -2.14. The predicted octanol–water partition coefficient (Wildman–Crippen LogP) is 5.87. The largest absolute Gasteiger partial charge is 0.508 e. The van der Waals surface area contributed by atoms with Crippen molar-refractivity contribution in [2.24, 2.45) is 10.2 Å². The maximum absolute atomic E-state index is 12.1. The molecule has 166 valence electrons. The Kier molecular flexibility index (Phi) is 5.58. The van der Waals surface area contributed by atoms with E-state index in [1.54, 1.807) is 12.1 Å². The zero-order valence-corrected chi connectivity index (χ0v) is 18.0. The van der Waals surface area contributed by atoms with Crippen LogP contribution in [0.4, 0.5) is 5.69 Å². The first kappa shape index (κ1) is 21.1. The van der Waals surface area contributed by atoms with Crippen LogP contribution in [-0.4, -0.2) is 20.4 Å². The molecule has 0 spiro atoms. The molecule has 5 aromatic rings. The van der Waals surface area contributed by atoms with Crippen LogP contribution in [0.3, 0.4) is 0 Å². The smallest absolute Gasteiger partial charge is 0.272 e. The average molecular weight is 448 g/mol. The van der Waals surface area contributed by atoms with E-state index in [-0.39, 0.29) is 17.1 Å². The fourth-order valence-electron chi connectivity index (χ4n) is 3.85. The highest BCUT2D eigenvalue weighted by Crippen LogP contribution is 2.35. The number of hydrogen-bond acceptors (Lipinski definition) is 6. The van der Waals surface area contributed by atoms with Crippen LogP contribution in [0, 0.1) is 0 Å². The van der Waals surface area contributed by atoms with E-state index in [0.717, 1.165) is 16.5 Å². The van der Waals surface area contributed by atoms with Crippen LogP contribution in [0.2, 0.25) is 0 Å². The van der Waals surface area contributed by atoms with Crippen LogP contribution >= 0.6 is 0 Å². The summed E-state index contributed by atoms with van der Waals surface area (Å²) in [6.07, 6.45) is 0. The molecule has 0 aliphatic heterocycles. The van der Waals surface area contributed by atoms with E-state index in [4.69, 9.17) is 0 Å². The molecule has 0 saturated carbocycles. The number of aromatic hydroxyl groups is 2. The minimum Gasteiger partial charge on any atom is -0.508 e. The van der Waals surface area contributed by atoms with Gasteiger partial charge >= 0.3 is 0 Å². The third-order valence-electron chi connectivity index (χ3n) is 5.55. The maximum atomic E-state index is 12.1. The van der Waals surface area contributed by atoms with Crippen LogP contribution in [0.15, 0.2) is 112 Å². The molecule has 1 aromatic heterocycles. The number of H-pyrrole nitrogens is 1. The number of aromatic nitrogens is 2. The van der Waals surface area contributed by atoms with E-state index in [9.17, 15) is 15.0 Å². The minimum absolute atomic E-state index is 0.0241. The second-order valence-corrected chi connectivity index (χ2v) is 7.77. The number of aromatic amines is 1. The average Bonchev–Trinajstić information content (AvgIpc) is 2.87. The molecular weight excluding hydrogens is 428 g/mol. The maximum Gasteiger partial charge on any atom is 0.272 e. The molecule has 1 atom stereocenters. The number of nitrogens with one attached hydrogen (secondary N) is 1. The van der Waals surface area contributed by atoms with Crippen molar-refractivity contribution >= 4 is 16.5 Å². The topological polar surface area (TPSA) is 111 Å². The number of azo groups is 1. The van der Waals surface area contributed by atoms with Gasteiger partial charge in [-0.2, -0.15) is 15.3 Å². The molecule has 1 heterocycles. The number of hydrogen-bond donors (Lipinski definition) is 3. The summed E-state index contributed by atoms with van der Waals surface area (Å²) in [7, 11) is 0. The Balaban J connectivity index is 1.49. The Hall–Kier alpha value is -4.78. The van der Waals surface area contributed by atoms with Crippen molar-refractivity contribution in [1.82, 2.24) is 10.2 Å². The quantitative estimate of drug-likeness (QED) is 0.292. The van der Waals surface area contributed by atoms with Crippen molar-refractivity contribution in [1.29, 1.82) is 0 Å². The summed E-state index contributed by atoms with van der Waals surface area (Å²) in [5.74, 6) is -0.0804. The summed E-state index contributed by atoms with van der Waals surface area (Å²) in [6.45, 7) is 0. The molecule has 0 amide bonds. The normalized spacial score (nSPS) is 12.2. The Labute approximate surface area is 194 Å². The molecule has 4 aromatic carbocycles. The number of phenols is 2. The van der Waals surface area contributed by atoms with Crippen molar-refractivity contribution in [3.63, 3.8) is 0 Å². The van der Waals surface area contributed by atoms with E-state index >= 15 is 0 Å². The van der Waals surface area contributed by atoms with Gasteiger partial charge in [0.2, 0.25) is 0 Å². The predicted molar refractivity (Wildman–Crippen MR) is 130 cm³/mol. The Morgan fingerprint density at radius 1 is 0.794 bits per heavy atom. The van der Waals surface area contributed by atoms with Gasteiger partial charge < -0.3 is 10.2 Å². The molecule has 0 saturated heterocycles. The van der Waals surface area contributed by atoms with Gasteiger partial charge in [-0.05, 0) is 35.9 Å². The van der Waals surface area contributed by atoms with Gasteiger partial charge in [0.15, 0.2) is 0 Å². The highest BCUT2D eigenvalue weighted by Gasteiger charge is 2.18. The molecule has 5 rings (SSSR count). The molecule has 7 heteroatoms. The first-order valence-electron chi connectivity index (χ1n) is 10.7. The standard InChI is InChI=1S/C27H20N4O3/c32-20-14-15-23(24(33)16-20)26(17-6-2-1-3-7-17)29-28-19-12-10-18(11-13-19)25-21-8-4-5-9-22(21)27(34)31-30-25/h1-16,26,32-33H,(H,31,34). The van der Waals surface area contributed by atoms with Gasteiger partial charge in [0, 0.05) is 22.6 Å². The van der Waals surface area contributed by atoms with Crippen molar-refractivity contribution in [3.8, 4) is 22.8 Å². The second-order valence-electron chi connectivity index (χ2n) is 7.77. The van der Waals surface area contributed by atoms with Crippen LogP contribution in [0.25, 0.3) is 22.0 Å². The van der Waals surface area contributed by atoms with Gasteiger partial charge in [-0.25, -0.2) is 5.10 Å². The number of phenolic OH excluding ortho intramolecular Hbond substituents is 2. The molecule has 7 nitrogen and oxygen atoms in total. The number of fused-ring (bicyclic) bond motifs is 1. The molecule has 3 N–H and O–H groups in total. The van der Waals surface area contributed by atoms with Crippen molar-refractivity contribution in [2.75, 3.05) is 0 Å². The van der Waals surface area contributed by atoms with Crippen LogP contribution in [0.1, 0.15) is 17.2 Å². The van der Waals surface area contributed by atoms with Gasteiger partial charge in [0.1, 0.15) is 17.5 Å². The highest BCUT2D eigenvalue weighted by molar-refractivity contribution is 5.93. The van der Waals surface area contributed by atoms with Crippen LogP contribution in [0.5, 0.6) is 11.5 Å². The molecule has 0 radical (unpaired) electrons. The summed E-state index contributed by atoms with van der Waals surface area (Å²) < 4.78 is 0. The monoisotopic (exact) mass is 448 g/mol. The molecule has 0 fully saturated rings. The van der Waals surface area contributed by atoms with Gasteiger partial charge in [0.25, 0.3) is 5.56 Å². The van der Waals surface area contributed by atoms with Gasteiger partial charge in [0.05, 0.1) is 16.8 Å². The summed E-state index contributed by atoms with van der Waals surface area (Å²) in [5, 5.41) is 37.1. The second kappa shape index (κ2) is 8.99. The van der Waals surface area contributed by atoms with E-state index in [1.807, 2.05) is 72.8 Å². The summed E-state index contributed by atoms with van der Waals surface area (Å²) in [5.41, 5.74) is 3.30. The van der Waals surface area contributed by atoms with E-state index in [1.165, 1.54) is 12.1 Å². The molecule has 0 aliphatic carbocycles. The summed E-state index contributed by atoms with van der Waals surface area (Å²) in [6, 6.07) is 28.1. The Bertz CT molecular complexity index is 1540.